The number of hydrogen-bond donors (Lipinski definition) is 2. The normalized spacial score (nSPS) is 10.1. The lowest BCUT2D eigenvalue weighted by Gasteiger charge is -2.02. The van der Waals surface area contributed by atoms with Crippen molar-refractivity contribution in [1.82, 2.24) is 0 Å². The van der Waals surface area contributed by atoms with Crippen LogP contribution in [-0.2, 0) is 16.0 Å². The van der Waals surface area contributed by atoms with Crippen molar-refractivity contribution >= 4 is 22.6 Å². The average Bonchev–Trinajstić information content (AvgIpc) is 2.39. The van der Waals surface area contributed by atoms with Gasteiger partial charge in [-0.3, -0.25) is 9.59 Å². The number of primary amides is 1. The van der Waals surface area contributed by atoms with Gasteiger partial charge in [-0.2, -0.15) is 0 Å². The number of carboxylic acid groups (broad SMARTS) is 1. The van der Waals surface area contributed by atoms with Gasteiger partial charge in [0.25, 0.3) is 0 Å². The number of nitrogens with two attached hydrogens (primary N) is 1. The minimum atomic E-state index is -0.790. The molecule has 0 radical (unpaired) electrons. The summed E-state index contributed by atoms with van der Waals surface area (Å²) < 4.78 is 0. The molecule has 0 saturated heterocycles. The fraction of sp³-hybridized carbons (Fsp3) is 0.125. The van der Waals surface area contributed by atoms with Gasteiger partial charge in [0.05, 0.1) is 6.42 Å². The van der Waals surface area contributed by atoms with Crippen molar-refractivity contribution in [2.75, 3.05) is 0 Å². The molecule has 104 valence electrons. The van der Waals surface area contributed by atoms with Gasteiger partial charge in [0.15, 0.2) is 0 Å². The van der Waals surface area contributed by atoms with Crippen molar-refractivity contribution in [2.45, 2.75) is 13.3 Å². The van der Waals surface area contributed by atoms with Crippen LogP contribution in [0.25, 0.3) is 10.8 Å². The van der Waals surface area contributed by atoms with Crippen LogP contribution in [0.1, 0.15) is 12.5 Å². The summed E-state index contributed by atoms with van der Waals surface area (Å²) >= 11 is 0. The molecule has 0 aliphatic carbocycles. The van der Waals surface area contributed by atoms with Gasteiger partial charge < -0.3 is 10.8 Å². The van der Waals surface area contributed by atoms with Crippen LogP contribution in [0.4, 0.5) is 0 Å². The molecule has 4 heteroatoms. The SMILES string of the molecule is CC=CC(N)=O.O=C(O)Cc1cccc2ccccc12. The van der Waals surface area contributed by atoms with E-state index in [1.807, 2.05) is 42.5 Å². The smallest absolute Gasteiger partial charge is 0.307 e. The van der Waals surface area contributed by atoms with Crippen LogP contribution in [-0.4, -0.2) is 17.0 Å². The number of carbonyl (C=O) groups excluding carboxylic acids is 1. The van der Waals surface area contributed by atoms with Gasteiger partial charge in [0.2, 0.25) is 5.91 Å². The summed E-state index contributed by atoms with van der Waals surface area (Å²) in [6, 6.07) is 13.5. The van der Waals surface area contributed by atoms with Gasteiger partial charge in [-0.15, -0.1) is 0 Å². The molecule has 0 heterocycles. The summed E-state index contributed by atoms with van der Waals surface area (Å²) in [5, 5.41) is 10.8. The molecular formula is C16H17NO3. The van der Waals surface area contributed by atoms with Crippen LogP contribution in [0.15, 0.2) is 54.6 Å². The Balaban J connectivity index is 0.000000286. The highest BCUT2D eigenvalue weighted by Gasteiger charge is 2.03. The minimum absolute atomic E-state index is 0.0847. The van der Waals surface area contributed by atoms with Crippen molar-refractivity contribution in [3.05, 3.63) is 60.2 Å². The first-order chi connectivity index (χ1) is 9.54. The van der Waals surface area contributed by atoms with Crippen LogP contribution in [0.2, 0.25) is 0 Å². The lowest BCUT2D eigenvalue weighted by atomic mass is 10.0. The molecule has 2 aromatic rings. The third-order valence-electron chi connectivity index (χ3n) is 2.55. The topological polar surface area (TPSA) is 80.4 Å². The van der Waals surface area contributed by atoms with Crippen molar-refractivity contribution in [3.63, 3.8) is 0 Å². The van der Waals surface area contributed by atoms with E-state index in [1.54, 1.807) is 13.0 Å². The summed E-state index contributed by atoms with van der Waals surface area (Å²) in [5.41, 5.74) is 5.55. The van der Waals surface area contributed by atoms with Crippen LogP contribution >= 0.6 is 0 Å². The zero-order valence-corrected chi connectivity index (χ0v) is 11.2. The summed E-state index contributed by atoms with van der Waals surface area (Å²) in [6.45, 7) is 1.74. The maximum Gasteiger partial charge on any atom is 0.307 e. The quantitative estimate of drug-likeness (QED) is 0.842. The summed E-state index contributed by atoms with van der Waals surface area (Å²) in [7, 11) is 0. The average molecular weight is 271 g/mol. The monoisotopic (exact) mass is 271 g/mol. The van der Waals surface area contributed by atoms with Gasteiger partial charge >= 0.3 is 5.97 Å². The Labute approximate surface area is 117 Å². The number of carboxylic acids is 1. The van der Waals surface area contributed by atoms with E-state index in [1.165, 1.54) is 6.08 Å². The molecule has 0 spiro atoms. The van der Waals surface area contributed by atoms with Gasteiger partial charge in [-0.1, -0.05) is 48.5 Å². The standard InChI is InChI=1S/C12H10O2.C4H7NO/c13-12(14)8-10-6-3-5-9-4-1-2-7-11(9)10;1-2-3-4(5)6/h1-7H,8H2,(H,13,14);2-3H,1H3,(H2,5,6). The second-order valence-corrected chi connectivity index (χ2v) is 4.11. The Morgan fingerprint density at radius 1 is 1.15 bits per heavy atom. The number of carbonyl (C=O) groups is 2. The Morgan fingerprint density at radius 2 is 1.80 bits per heavy atom. The van der Waals surface area contributed by atoms with Crippen LogP contribution in [0.5, 0.6) is 0 Å². The fourth-order valence-corrected chi connectivity index (χ4v) is 1.77. The molecule has 0 fully saturated rings. The predicted octanol–water partition coefficient (Wildman–Crippen LogP) is 2.51. The molecule has 1 amide bonds. The first kappa shape index (κ1) is 15.4. The molecule has 20 heavy (non-hydrogen) atoms. The zero-order chi connectivity index (χ0) is 15.0. The van der Waals surface area contributed by atoms with Crippen LogP contribution in [0, 0.1) is 0 Å². The molecule has 0 aliphatic heterocycles. The molecule has 2 aromatic carbocycles. The van der Waals surface area contributed by atoms with E-state index in [-0.39, 0.29) is 6.42 Å². The number of benzene rings is 2. The summed E-state index contributed by atoms with van der Waals surface area (Å²) in [4.78, 5) is 20.3. The van der Waals surface area contributed by atoms with E-state index in [2.05, 4.69) is 5.73 Å². The van der Waals surface area contributed by atoms with Gasteiger partial charge in [0.1, 0.15) is 0 Å². The Hall–Kier alpha value is -2.62. The molecule has 2 rings (SSSR count). The Bertz CT molecular complexity index is 627. The molecule has 3 N–H and O–H groups in total. The van der Waals surface area contributed by atoms with Crippen molar-refractivity contribution in [2.24, 2.45) is 5.73 Å². The molecule has 0 saturated carbocycles. The highest BCUT2D eigenvalue weighted by Crippen LogP contribution is 2.18. The van der Waals surface area contributed by atoms with E-state index in [4.69, 9.17) is 5.11 Å². The molecule has 0 bridgehead atoms. The number of amides is 1. The molecule has 0 atom stereocenters. The van der Waals surface area contributed by atoms with Crippen molar-refractivity contribution in [3.8, 4) is 0 Å². The lowest BCUT2D eigenvalue weighted by molar-refractivity contribution is -0.136. The van der Waals surface area contributed by atoms with Crippen LogP contribution < -0.4 is 5.73 Å². The summed E-state index contributed by atoms with van der Waals surface area (Å²) in [5.74, 6) is -1.18. The van der Waals surface area contributed by atoms with Crippen molar-refractivity contribution < 1.29 is 14.7 Å². The third-order valence-corrected chi connectivity index (χ3v) is 2.55. The van der Waals surface area contributed by atoms with Crippen molar-refractivity contribution in [1.29, 1.82) is 0 Å². The highest BCUT2D eigenvalue weighted by atomic mass is 16.4. The maximum atomic E-state index is 10.6. The van der Waals surface area contributed by atoms with Gasteiger partial charge in [-0.25, -0.2) is 0 Å². The lowest BCUT2D eigenvalue weighted by Crippen LogP contribution is -2.04. The number of fused-ring (bicyclic) bond motifs is 1. The zero-order valence-electron chi connectivity index (χ0n) is 11.2. The second kappa shape index (κ2) is 7.74. The predicted molar refractivity (Wildman–Crippen MR) is 79.3 cm³/mol. The minimum Gasteiger partial charge on any atom is -0.481 e. The molecule has 4 nitrogen and oxygen atoms in total. The van der Waals surface area contributed by atoms with Crippen LogP contribution in [0.3, 0.4) is 0 Å². The van der Waals surface area contributed by atoms with E-state index >= 15 is 0 Å². The van der Waals surface area contributed by atoms with E-state index < -0.39 is 11.9 Å². The Morgan fingerprint density at radius 3 is 2.35 bits per heavy atom. The first-order valence-corrected chi connectivity index (χ1v) is 6.15. The van der Waals surface area contributed by atoms with E-state index in [0.29, 0.717) is 0 Å². The molecule has 0 unspecified atom stereocenters. The number of aliphatic carboxylic acids is 1. The number of allylic oxidation sites excluding steroid dienone is 1. The van der Waals surface area contributed by atoms with Gasteiger partial charge in [0, 0.05) is 0 Å². The van der Waals surface area contributed by atoms with E-state index in [9.17, 15) is 9.59 Å². The van der Waals surface area contributed by atoms with Gasteiger partial charge in [-0.05, 0) is 29.3 Å². The first-order valence-electron chi connectivity index (χ1n) is 6.15. The largest absolute Gasteiger partial charge is 0.481 e. The highest BCUT2D eigenvalue weighted by molar-refractivity contribution is 5.88. The number of hydrogen-bond acceptors (Lipinski definition) is 2. The maximum absolute atomic E-state index is 10.6. The third kappa shape index (κ3) is 4.94. The number of rotatable bonds is 3. The molecular weight excluding hydrogens is 254 g/mol. The summed E-state index contributed by atoms with van der Waals surface area (Å²) in [6.07, 6.45) is 2.99. The molecule has 0 aliphatic rings. The van der Waals surface area contributed by atoms with E-state index in [0.717, 1.165) is 16.3 Å². The Kier molecular flexibility index (Phi) is 5.97. The molecule has 0 aromatic heterocycles. The fourth-order valence-electron chi connectivity index (χ4n) is 1.77. The second-order valence-electron chi connectivity index (χ2n) is 4.11.